The lowest BCUT2D eigenvalue weighted by Crippen LogP contribution is -2.22. The van der Waals surface area contributed by atoms with Crippen LogP contribution in [0.2, 0.25) is 5.02 Å². The Hall–Kier alpha value is -0.910. The zero-order chi connectivity index (χ0) is 14.7. The zero-order valence-electron chi connectivity index (χ0n) is 10.1. The van der Waals surface area contributed by atoms with Gasteiger partial charge >= 0.3 is 0 Å². The molecule has 0 bridgehead atoms. The summed E-state index contributed by atoms with van der Waals surface area (Å²) in [5.41, 5.74) is 1.26. The summed E-state index contributed by atoms with van der Waals surface area (Å²) in [6.07, 6.45) is 0. The highest BCUT2D eigenvalue weighted by Crippen LogP contribution is 2.20. The maximum absolute atomic E-state index is 13.0. The molecule has 0 radical (unpaired) electrons. The summed E-state index contributed by atoms with van der Waals surface area (Å²) in [5, 5.41) is 2.80. The maximum atomic E-state index is 13.0. The van der Waals surface area contributed by atoms with E-state index in [0.29, 0.717) is 5.56 Å². The van der Waals surface area contributed by atoms with Gasteiger partial charge in [-0.25, -0.2) is 4.39 Å². The highest BCUT2D eigenvalue weighted by Gasteiger charge is 2.08. The van der Waals surface area contributed by atoms with Gasteiger partial charge in [0, 0.05) is 21.1 Å². The van der Waals surface area contributed by atoms with Crippen LogP contribution >= 0.6 is 43.5 Å². The number of hydrogen-bond acceptors (Lipinski definition) is 1. The van der Waals surface area contributed by atoms with Crippen LogP contribution in [0.5, 0.6) is 0 Å². The largest absolute Gasteiger partial charge is 0.348 e. The number of benzene rings is 2. The highest BCUT2D eigenvalue weighted by atomic mass is 79.9. The number of hydrogen-bond donors (Lipinski definition) is 1. The number of halogens is 4. The van der Waals surface area contributed by atoms with Gasteiger partial charge in [0.1, 0.15) is 5.82 Å². The van der Waals surface area contributed by atoms with Crippen LogP contribution in [0.3, 0.4) is 0 Å². The second-order valence-electron chi connectivity index (χ2n) is 4.09. The van der Waals surface area contributed by atoms with E-state index in [0.717, 1.165) is 14.5 Å². The molecule has 0 heterocycles. The topological polar surface area (TPSA) is 29.1 Å². The average molecular weight is 421 g/mol. The Balaban J connectivity index is 2.06. The van der Waals surface area contributed by atoms with Crippen molar-refractivity contribution < 1.29 is 9.18 Å². The van der Waals surface area contributed by atoms with Crippen LogP contribution in [0.1, 0.15) is 15.9 Å². The average Bonchev–Trinajstić information content (AvgIpc) is 2.38. The van der Waals surface area contributed by atoms with Crippen LogP contribution in [-0.2, 0) is 6.54 Å². The first kappa shape index (κ1) is 15.5. The molecule has 2 aromatic rings. The van der Waals surface area contributed by atoms with E-state index in [4.69, 9.17) is 11.6 Å². The van der Waals surface area contributed by atoms with Gasteiger partial charge in [-0.15, -0.1) is 0 Å². The van der Waals surface area contributed by atoms with Gasteiger partial charge < -0.3 is 5.32 Å². The minimum absolute atomic E-state index is 0.0435. The first-order valence-corrected chi connectivity index (χ1v) is 7.60. The molecule has 2 nitrogen and oxygen atoms in total. The molecule has 104 valence electrons. The third kappa shape index (κ3) is 4.04. The molecule has 0 aliphatic heterocycles. The van der Waals surface area contributed by atoms with Crippen LogP contribution in [0, 0.1) is 5.82 Å². The smallest absolute Gasteiger partial charge is 0.251 e. The van der Waals surface area contributed by atoms with Crippen molar-refractivity contribution in [3.63, 3.8) is 0 Å². The van der Waals surface area contributed by atoms with E-state index in [1.807, 2.05) is 6.07 Å². The Morgan fingerprint density at radius 2 is 1.80 bits per heavy atom. The molecule has 0 aromatic heterocycles. The molecule has 6 heteroatoms. The monoisotopic (exact) mass is 419 g/mol. The standard InChI is InChI=1S/C14H9Br2ClFNO/c15-10-4-9(5-11(16)6-10)14(20)19-7-8-1-2-13(18)12(17)3-8/h1-6H,7H2,(H,19,20). The van der Waals surface area contributed by atoms with Crippen LogP contribution in [0.4, 0.5) is 4.39 Å². The van der Waals surface area contributed by atoms with Crippen molar-refractivity contribution in [2.75, 3.05) is 0 Å². The van der Waals surface area contributed by atoms with Crippen molar-refractivity contribution >= 4 is 49.4 Å². The lowest BCUT2D eigenvalue weighted by molar-refractivity contribution is 0.0951. The first-order valence-electron chi connectivity index (χ1n) is 5.64. The maximum Gasteiger partial charge on any atom is 0.251 e. The Kier molecular flexibility index (Phi) is 5.18. The first-order chi connectivity index (χ1) is 9.45. The van der Waals surface area contributed by atoms with E-state index in [9.17, 15) is 9.18 Å². The van der Waals surface area contributed by atoms with E-state index >= 15 is 0 Å². The molecular weight excluding hydrogens is 412 g/mol. The summed E-state index contributed by atoms with van der Waals surface area (Å²) in [6, 6.07) is 9.64. The van der Waals surface area contributed by atoms with Crippen molar-refractivity contribution in [3.05, 3.63) is 67.3 Å². The minimum atomic E-state index is -0.474. The predicted octanol–water partition coefficient (Wildman–Crippen LogP) is 4.93. The van der Waals surface area contributed by atoms with E-state index in [-0.39, 0.29) is 17.5 Å². The molecule has 0 fully saturated rings. The predicted molar refractivity (Wildman–Crippen MR) is 84.4 cm³/mol. The lowest BCUT2D eigenvalue weighted by Gasteiger charge is -2.07. The van der Waals surface area contributed by atoms with E-state index in [1.54, 1.807) is 18.2 Å². The Morgan fingerprint density at radius 1 is 1.15 bits per heavy atom. The molecule has 2 aromatic carbocycles. The molecule has 1 amide bonds. The molecule has 0 saturated heterocycles. The van der Waals surface area contributed by atoms with Gasteiger partial charge in [0.15, 0.2) is 0 Å². The fourth-order valence-corrected chi connectivity index (χ4v) is 3.12. The Morgan fingerprint density at radius 3 is 2.40 bits per heavy atom. The second-order valence-corrected chi connectivity index (χ2v) is 6.33. The summed E-state index contributed by atoms with van der Waals surface area (Å²) in [5.74, 6) is -0.690. The number of nitrogens with one attached hydrogen (secondary N) is 1. The summed E-state index contributed by atoms with van der Waals surface area (Å²) < 4.78 is 14.6. The summed E-state index contributed by atoms with van der Waals surface area (Å²) in [7, 11) is 0. The van der Waals surface area contributed by atoms with Gasteiger partial charge in [-0.3, -0.25) is 4.79 Å². The van der Waals surface area contributed by atoms with Gasteiger partial charge in [-0.1, -0.05) is 49.5 Å². The molecule has 0 saturated carbocycles. The molecule has 0 unspecified atom stereocenters. The number of amides is 1. The Bertz CT molecular complexity index is 643. The summed E-state index contributed by atoms with van der Waals surface area (Å²) >= 11 is 12.3. The molecule has 0 atom stereocenters. The third-order valence-electron chi connectivity index (χ3n) is 2.56. The molecule has 20 heavy (non-hydrogen) atoms. The number of carbonyl (C=O) groups is 1. The van der Waals surface area contributed by atoms with Crippen LogP contribution in [-0.4, -0.2) is 5.91 Å². The third-order valence-corrected chi connectivity index (χ3v) is 3.77. The van der Waals surface area contributed by atoms with Crippen molar-refractivity contribution in [1.29, 1.82) is 0 Å². The molecule has 0 spiro atoms. The molecular formula is C14H9Br2ClFNO. The van der Waals surface area contributed by atoms with E-state index in [1.165, 1.54) is 12.1 Å². The molecule has 0 aliphatic rings. The van der Waals surface area contributed by atoms with Crippen molar-refractivity contribution in [2.24, 2.45) is 0 Å². The lowest BCUT2D eigenvalue weighted by atomic mass is 10.2. The highest BCUT2D eigenvalue weighted by molar-refractivity contribution is 9.11. The molecule has 1 N–H and O–H groups in total. The zero-order valence-corrected chi connectivity index (χ0v) is 14.0. The fourth-order valence-electron chi connectivity index (χ4n) is 1.62. The van der Waals surface area contributed by atoms with Crippen LogP contribution in [0.15, 0.2) is 45.3 Å². The Labute approximate surface area is 137 Å². The van der Waals surface area contributed by atoms with Gasteiger partial charge in [-0.05, 0) is 35.9 Å². The van der Waals surface area contributed by atoms with Crippen LogP contribution < -0.4 is 5.32 Å². The van der Waals surface area contributed by atoms with Gasteiger partial charge in [0.2, 0.25) is 0 Å². The van der Waals surface area contributed by atoms with Gasteiger partial charge in [-0.2, -0.15) is 0 Å². The van der Waals surface area contributed by atoms with Gasteiger partial charge in [0.25, 0.3) is 5.91 Å². The van der Waals surface area contributed by atoms with Gasteiger partial charge in [0.05, 0.1) is 5.02 Å². The van der Waals surface area contributed by atoms with Crippen LogP contribution in [0.25, 0.3) is 0 Å². The SMILES string of the molecule is O=C(NCc1ccc(F)c(Cl)c1)c1cc(Br)cc(Br)c1. The normalized spacial score (nSPS) is 10.4. The molecule has 0 aliphatic carbocycles. The fraction of sp³-hybridized carbons (Fsp3) is 0.0714. The summed E-state index contributed by atoms with van der Waals surface area (Å²) in [6.45, 7) is 0.281. The second kappa shape index (κ2) is 6.70. The quantitative estimate of drug-likeness (QED) is 0.748. The van der Waals surface area contributed by atoms with Crippen molar-refractivity contribution in [2.45, 2.75) is 6.54 Å². The minimum Gasteiger partial charge on any atom is -0.348 e. The number of carbonyl (C=O) groups excluding carboxylic acids is 1. The van der Waals surface area contributed by atoms with Crippen molar-refractivity contribution in [3.8, 4) is 0 Å². The summed E-state index contributed by atoms with van der Waals surface area (Å²) in [4.78, 5) is 12.0. The number of rotatable bonds is 3. The molecule has 2 rings (SSSR count). The van der Waals surface area contributed by atoms with E-state index in [2.05, 4.69) is 37.2 Å². The van der Waals surface area contributed by atoms with Crippen molar-refractivity contribution in [1.82, 2.24) is 5.32 Å². The van der Waals surface area contributed by atoms with E-state index < -0.39 is 5.82 Å².